The van der Waals surface area contributed by atoms with Gasteiger partial charge in [0.05, 0.1) is 20.4 Å². The molecule has 7 N–H and O–H groups in total. The van der Waals surface area contributed by atoms with E-state index < -0.39 is 0 Å². The Bertz CT molecular complexity index is 868. The average molecular weight is 415 g/mol. The van der Waals surface area contributed by atoms with E-state index in [1.807, 2.05) is 44.3 Å². The Morgan fingerprint density at radius 1 is 1.10 bits per heavy atom. The Hall–Kier alpha value is -2.74. The largest absolute Gasteiger partial charge is 0.493 e. The van der Waals surface area contributed by atoms with E-state index in [1.54, 1.807) is 14.2 Å². The van der Waals surface area contributed by atoms with Gasteiger partial charge < -0.3 is 31.4 Å². The summed E-state index contributed by atoms with van der Waals surface area (Å²) in [6.07, 6.45) is 0.795. The van der Waals surface area contributed by atoms with E-state index in [0.717, 1.165) is 28.0 Å². The van der Waals surface area contributed by atoms with Gasteiger partial charge in [0.15, 0.2) is 11.5 Å². The lowest BCUT2D eigenvalue weighted by Gasteiger charge is -2.19. The van der Waals surface area contributed by atoms with E-state index in [4.69, 9.17) is 20.9 Å². The molecule has 0 saturated heterocycles. The Balaban J connectivity index is 2.13. The fraction of sp³-hybridized carbons (Fsp3) is 0.391. The zero-order chi connectivity index (χ0) is 22.1. The lowest BCUT2D eigenvalue weighted by atomic mass is 10.0. The van der Waals surface area contributed by atoms with Gasteiger partial charge in [0.1, 0.15) is 0 Å². The quantitative estimate of drug-likeness (QED) is 0.358. The summed E-state index contributed by atoms with van der Waals surface area (Å²) in [5, 5.41) is 16.0. The summed E-state index contributed by atoms with van der Waals surface area (Å²) < 4.78 is 10.6. The van der Waals surface area contributed by atoms with E-state index in [2.05, 4.69) is 16.7 Å². The van der Waals surface area contributed by atoms with Crippen LogP contribution in [0, 0.1) is 6.92 Å². The third-order valence-electron chi connectivity index (χ3n) is 5.01. The summed E-state index contributed by atoms with van der Waals surface area (Å²) >= 11 is 0. The number of nitrogens with one attached hydrogen (secondary N) is 2. The van der Waals surface area contributed by atoms with Crippen molar-refractivity contribution in [2.75, 3.05) is 39.7 Å². The van der Waals surface area contributed by atoms with Crippen LogP contribution in [-0.4, -0.2) is 45.7 Å². The number of methoxy groups -OCH3 is 2. The number of aryl methyl sites for hydroxylation is 1. The molecule has 0 radical (unpaired) electrons. The number of aliphatic hydroxyl groups is 1. The SMILES string of the molecule is CNc1cc(C)ccc1/C(N)=C(\CCO)CNC(N)Cc1ccc(OC)c(OC)c1. The van der Waals surface area contributed by atoms with E-state index in [1.165, 1.54) is 0 Å². The lowest BCUT2D eigenvalue weighted by molar-refractivity contribution is 0.297. The summed E-state index contributed by atoms with van der Waals surface area (Å²) in [5.74, 6) is 1.36. The minimum atomic E-state index is -0.286. The summed E-state index contributed by atoms with van der Waals surface area (Å²) in [5.41, 5.74) is 18.4. The first-order valence-electron chi connectivity index (χ1n) is 10.0. The number of hydrogen-bond donors (Lipinski definition) is 5. The first-order chi connectivity index (χ1) is 14.4. The topological polar surface area (TPSA) is 115 Å². The van der Waals surface area contributed by atoms with Crippen LogP contribution in [0.2, 0.25) is 0 Å². The van der Waals surface area contributed by atoms with Crippen LogP contribution in [0.3, 0.4) is 0 Å². The predicted octanol–water partition coefficient (Wildman–Crippen LogP) is 2.22. The van der Waals surface area contributed by atoms with Gasteiger partial charge in [-0.05, 0) is 48.2 Å². The maximum Gasteiger partial charge on any atom is 0.160 e. The van der Waals surface area contributed by atoms with Gasteiger partial charge in [-0.25, -0.2) is 0 Å². The molecule has 2 rings (SSSR count). The predicted molar refractivity (Wildman–Crippen MR) is 123 cm³/mol. The van der Waals surface area contributed by atoms with Crippen molar-refractivity contribution in [2.45, 2.75) is 25.9 Å². The molecule has 1 unspecified atom stereocenters. The molecule has 1 atom stereocenters. The molecule has 0 bridgehead atoms. The molecule has 2 aromatic rings. The van der Waals surface area contributed by atoms with Gasteiger partial charge in [-0.1, -0.05) is 18.2 Å². The van der Waals surface area contributed by atoms with Crippen molar-refractivity contribution < 1.29 is 14.6 Å². The third-order valence-corrected chi connectivity index (χ3v) is 5.01. The second kappa shape index (κ2) is 11.4. The van der Waals surface area contributed by atoms with Crippen molar-refractivity contribution >= 4 is 11.4 Å². The Kier molecular flexibility index (Phi) is 8.98. The smallest absolute Gasteiger partial charge is 0.160 e. The zero-order valence-corrected chi connectivity index (χ0v) is 18.3. The Labute approximate surface area is 179 Å². The standard InChI is InChI=1S/C23H34N4O3/c1-15-5-7-18(19(11-15)26-2)23(25)17(9-10-28)14-27-22(24)13-16-6-8-20(29-3)21(12-16)30-4/h5-8,11-12,22,26-28H,9-10,13-14,24-25H2,1-4H3/b23-17-. The number of anilines is 1. The first-order valence-corrected chi connectivity index (χ1v) is 10.0. The van der Waals surface area contributed by atoms with Crippen molar-refractivity contribution in [3.63, 3.8) is 0 Å². The van der Waals surface area contributed by atoms with Gasteiger partial charge in [-0.15, -0.1) is 0 Å². The summed E-state index contributed by atoms with van der Waals surface area (Å²) in [6.45, 7) is 2.54. The van der Waals surface area contributed by atoms with Crippen molar-refractivity contribution in [2.24, 2.45) is 11.5 Å². The normalized spacial score (nSPS) is 12.9. The molecule has 0 fully saturated rings. The molecular formula is C23H34N4O3. The van der Waals surface area contributed by atoms with E-state index in [0.29, 0.717) is 36.6 Å². The van der Waals surface area contributed by atoms with E-state index in [-0.39, 0.29) is 12.8 Å². The molecule has 164 valence electrons. The number of rotatable bonds is 11. The first kappa shape index (κ1) is 23.5. The molecule has 0 aromatic heterocycles. The molecular weight excluding hydrogens is 380 g/mol. The molecule has 7 nitrogen and oxygen atoms in total. The summed E-state index contributed by atoms with van der Waals surface area (Å²) in [6, 6.07) is 11.8. The highest BCUT2D eigenvalue weighted by molar-refractivity contribution is 5.77. The molecule has 0 amide bonds. The van der Waals surface area contributed by atoms with Crippen LogP contribution in [0.25, 0.3) is 5.70 Å². The third kappa shape index (κ3) is 6.13. The molecule has 0 aliphatic rings. The molecule has 0 heterocycles. The summed E-state index contributed by atoms with van der Waals surface area (Å²) in [4.78, 5) is 0. The second-order valence-corrected chi connectivity index (χ2v) is 7.17. The van der Waals surface area contributed by atoms with Crippen molar-refractivity contribution in [1.29, 1.82) is 0 Å². The van der Waals surface area contributed by atoms with Gasteiger partial charge >= 0.3 is 0 Å². The minimum absolute atomic E-state index is 0.0172. The molecule has 30 heavy (non-hydrogen) atoms. The van der Waals surface area contributed by atoms with Crippen LogP contribution >= 0.6 is 0 Å². The lowest BCUT2D eigenvalue weighted by Crippen LogP contribution is -2.40. The van der Waals surface area contributed by atoms with Crippen LogP contribution in [-0.2, 0) is 6.42 Å². The van der Waals surface area contributed by atoms with Crippen LogP contribution in [0.4, 0.5) is 5.69 Å². The molecule has 2 aromatic carbocycles. The highest BCUT2D eigenvalue weighted by Gasteiger charge is 2.13. The van der Waals surface area contributed by atoms with Gasteiger partial charge in [-0.2, -0.15) is 0 Å². The maximum absolute atomic E-state index is 9.52. The van der Waals surface area contributed by atoms with E-state index in [9.17, 15) is 5.11 Å². The van der Waals surface area contributed by atoms with Crippen molar-refractivity contribution in [3.8, 4) is 11.5 Å². The van der Waals surface area contributed by atoms with Crippen LogP contribution in [0.1, 0.15) is 23.1 Å². The van der Waals surface area contributed by atoms with E-state index >= 15 is 0 Å². The zero-order valence-electron chi connectivity index (χ0n) is 18.3. The molecule has 0 saturated carbocycles. The second-order valence-electron chi connectivity index (χ2n) is 7.17. The fourth-order valence-electron chi connectivity index (χ4n) is 3.33. The molecule has 7 heteroatoms. The van der Waals surface area contributed by atoms with Gasteiger partial charge in [0.25, 0.3) is 0 Å². The molecule has 0 spiro atoms. The van der Waals surface area contributed by atoms with Gasteiger partial charge in [-0.3, -0.25) is 5.32 Å². The Morgan fingerprint density at radius 2 is 1.83 bits per heavy atom. The Morgan fingerprint density at radius 3 is 2.47 bits per heavy atom. The molecule has 0 aliphatic carbocycles. The average Bonchev–Trinajstić information content (AvgIpc) is 2.75. The van der Waals surface area contributed by atoms with Gasteiger partial charge in [0.2, 0.25) is 0 Å². The van der Waals surface area contributed by atoms with Crippen molar-refractivity contribution in [1.82, 2.24) is 5.32 Å². The highest BCUT2D eigenvalue weighted by Crippen LogP contribution is 2.28. The maximum atomic E-state index is 9.52. The number of nitrogens with two attached hydrogens (primary N) is 2. The number of ether oxygens (including phenoxy) is 2. The molecule has 0 aliphatic heterocycles. The summed E-state index contributed by atoms with van der Waals surface area (Å²) in [7, 11) is 5.09. The van der Waals surface area contributed by atoms with Gasteiger partial charge in [0, 0.05) is 43.6 Å². The minimum Gasteiger partial charge on any atom is -0.493 e. The highest BCUT2D eigenvalue weighted by atomic mass is 16.5. The van der Waals surface area contributed by atoms with Crippen LogP contribution in [0.5, 0.6) is 11.5 Å². The fourth-order valence-corrected chi connectivity index (χ4v) is 3.33. The van der Waals surface area contributed by atoms with Crippen LogP contribution in [0.15, 0.2) is 42.0 Å². The number of aliphatic hydroxyl groups excluding tert-OH is 1. The van der Waals surface area contributed by atoms with Crippen LogP contribution < -0.4 is 31.6 Å². The van der Waals surface area contributed by atoms with Crippen molar-refractivity contribution in [3.05, 3.63) is 58.7 Å². The number of benzene rings is 2. The number of hydrogen-bond acceptors (Lipinski definition) is 7. The monoisotopic (exact) mass is 414 g/mol.